The molecule has 0 bridgehead atoms. The fraction of sp³-hybridized carbons (Fsp3) is 0.190. The van der Waals surface area contributed by atoms with Gasteiger partial charge in [-0.25, -0.2) is 4.98 Å². The highest BCUT2D eigenvalue weighted by Crippen LogP contribution is 2.24. The van der Waals surface area contributed by atoms with Crippen LogP contribution < -0.4 is 16.8 Å². The summed E-state index contributed by atoms with van der Waals surface area (Å²) in [4.78, 5) is 35.3. The summed E-state index contributed by atoms with van der Waals surface area (Å²) >= 11 is 0. The maximum Gasteiger partial charge on any atom is 0.250 e. The predicted octanol–water partition coefficient (Wildman–Crippen LogP) is 1.67. The number of carbonyl (C=O) groups excluding carboxylic acids is 2. The van der Waals surface area contributed by atoms with Gasteiger partial charge < -0.3 is 21.8 Å². The van der Waals surface area contributed by atoms with Gasteiger partial charge in [0.1, 0.15) is 5.82 Å². The topological polar surface area (TPSA) is 168 Å². The SMILES string of the molecule is NC(=O)c1cccnc1CNC(=O)CCCc1ncc(-c2ccc3c(N)n[nH]c3c2)[nH]1. The molecule has 1 aromatic carbocycles. The van der Waals surface area contributed by atoms with Gasteiger partial charge >= 0.3 is 0 Å². The number of nitrogens with zero attached hydrogens (tertiary/aromatic N) is 3. The maximum atomic E-state index is 12.1. The first-order valence-corrected chi connectivity index (χ1v) is 9.79. The van der Waals surface area contributed by atoms with E-state index in [2.05, 4.69) is 30.5 Å². The number of hydrogen-bond donors (Lipinski definition) is 5. The van der Waals surface area contributed by atoms with Crippen LogP contribution in [0.2, 0.25) is 0 Å². The first kappa shape index (κ1) is 20.1. The minimum atomic E-state index is -0.568. The van der Waals surface area contributed by atoms with E-state index in [-0.39, 0.29) is 12.5 Å². The Morgan fingerprint density at radius 2 is 2.03 bits per heavy atom. The Kier molecular flexibility index (Phi) is 5.61. The molecule has 0 saturated carbocycles. The van der Waals surface area contributed by atoms with Crippen molar-refractivity contribution in [3.05, 3.63) is 59.8 Å². The average molecular weight is 418 g/mol. The Hall–Kier alpha value is -4.21. The highest BCUT2D eigenvalue weighted by Gasteiger charge is 2.11. The lowest BCUT2D eigenvalue weighted by molar-refractivity contribution is -0.121. The molecule has 0 spiro atoms. The third-order valence-corrected chi connectivity index (χ3v) is 4.96. The summed E-state index contributed by atoms with van der Waals surface area (Å²) in [6.07, 6.45) is 4.90. The molecule has 0 unspecified atom stereocenters. The number of nitrogen functional groups attached to an aromatic ring is 1. The number of imidazole rings is 1. The van der Waals surface area contributed by atoms with Gasteiger partial charge in [0.15, 0.2) is 5.82 Å². The lowest BCUT2D eigenvalue weighted by Gasteiger charge is -2.07. The number of nitrogens with one attached hydrogen (secondary N) is 3. The highest BCUT2D eigenvalue weighted by atomic mass is 16.2. The minimum Gasteiger partial charge on any atom is -0.382 e. The van der Waals surface area contributed by atoms with E-state index in [1.165, 1.54) is 0 Å². The quantitative estimate of drug-likeness (QED) is 0.291. The normalized spacial score (nSPS) is 11.0. The second-order valence-electron chi connectivity index (χ2n) is 7.10. The van der Waals surface area contributed by atoms with Crippen LogP contribution in [0.3, 0.4) is 0 Å². The molecule has 0 aliphatic rings. The molecule has 158 valence electrons. The number of primary amides is 1. The second kappa shape index (κ2) is 8.66. The largest absolute Gasteiger partial charge is 0.382 e. The molecule has 0 atom stereocenters. The van der Waals surface area contributed by atoms with Crippen molar-refractivity contribution < 1.29 is 9.59 Å². The molecule has 3 heterocycles. The van der Waals surface area contributed by atoms with Crippen LogP contribution in [0.4, 0.5) is 5.82 Å². The molecule has 4 rings (SSSR count). The van der Waals surface area contributed by atoms with E-state index in [4.69, 9.17) is 11.5 Å². The zero-order chi connectivity index (χ0) is 21.8. The Labute approximate surface area is 177 Å². The van der Waals surface area contributed by atoms with Crippen LogP contribution in [0.25, 0.3) is 22.2 Å². The van der Waals surface area contributed by atoms with Gasteiger partial charge in [-0.05, 0) is 30.7 Å². The molecule has 0 aliphatic carbocycles. The summed E-state index contributed by atoms with van der Waals surface area (Å²) in [6.45, 7) is 0.156. The van der Waals surface area contributed by atoms with E-state index in [0.29, 0.717) is 36.3 Å². The second-order valence-corrected chi connectivity index (χ2v) is 7.10. The number of anilines is 1. The number of H-pyrrole nitrogens is 2. The molecule has 0 aliphatic heterocycles. The van der Waals surface area contributed by atoms with Crippen LogP contribution in [0, 0.1) is 0 Å². The lowest BCUT2D eigenvalue weighted by Crippen LogP contribution is -2.25. The van der Waals surface area contributed by atoms with Gasteiger partial charge in [0.05, 0.1) is 35.2 Å². The van der Waals surface area contributed by atoms with Crippen LogP contribution in [0.5, 0.6) is 0 Å². The molecular weight excluding hydrogens is 396 g/mol. The molecule has 10 heteroatoms. The van der Waals surface area contributed by atoms with Crippen molar-refractivity contribution in [1.29, 1.82) is 0 Å². The molecule has 0 radical (unpaired) electrons. The summed E-state index contributed by atoms with van der Waals surface area (Å²) in [6, 6.07) is 9.05. The van der Waals surface area contributed by atoms with Gasteiger partial charge in [-0.15, -0.1) is 0 Å². The number of benzene rings is 1. The zero-order valence-electron chi connectivity index (χ0n) is 16.7. The van der Waals surface area contributed by atoms with Gasteiger partial charge in [-0.2, -0.15) is 5.10 Å². The van der Waals surface area contributed by atoms with Crippen LogP contribution in [0.1, 0.15) is 34.7 Å². The number of aromatic nitrogens is 5. The minimum absolute atomic E-state index is 0.130. The fourth-order valence-electron chi connectivity index (χ4n) is 3.33. The summed E-state index contributed by atoms with van der Waals surface area (Å²) in [5.74, 6) is 0.572. The van der Waals surface area contributed by atoms with Gasteiger partial charge in [0, 0.05) is 30.0 Å². The van der Waals surface area contributed by atoms with Crippen molar-refractivity contribution in [3.63, 3.8) is 0 Å². The summed E-state index contributed by atoms with van der Waals surface area (Å²) in [5, 5.41) is 10.6. The molecule has 10 nitrogen and oxygen atoms in total. The predicted molar refractivity (Wildman–Crippen MR) is 116 cm³/mol. The van der Waals surface area contributed by atoms with E-state index < -0.39 is 5.91 Å². The molecule has 7 N–H and O–H groups in total. The van der Waals surface area contributed by atoms with Crippen molar-refractivity contribution in [3.8, 4) is 11.3 Å². The van der Waals surface area contributed by atoms with Gasteiger partial charge in [0.2, 0.25) is 5.91 Å². The van der Waals surface area contributed by atoms with E-state index >= 15 is 0 Å². The van der Waals surface area contributed by atoms with E-state index in [1.807, 2.05) is 18.2 Å². The van der Waals surface area contributed by atoms with Crippen molar-refractivity contribution in [2.45, 2.75) is 25.8 Å². The molecule has 0 saturated heterocycles. The third kappa shape index (κ3) is 4.53. The first-order chi connectivity index (χ1) is 15.0. The monoisotopic (exact) mass is 418 g/mol. The Morgan fingerprint density at radius 3 is 2.87 bits per heavy atom. The lowest BCUT2D eigenvalue weighted by atomic mass is 10.1. The molecule has 0 fully saturated rings. The van der Waals surface area contributed by atoms with Crippen molar-refractivity contribution >= 4 is 28.5 Å². The van der Waals surface area contributed by atoms with Crippen LogP contribution in [-0.2, 0) is 17.8 Å². The average Bonchev–Trinajstić information content (AvgIpc) is 3.39. The number of rotatable bonds is 8. The molecule has 3 aromatic heterocycles. The highest BCUT2D eigenvalue weighted by molar-refractivity contribution is 5.94. The number of carbonyl (C=O) groups is 2. The number of aryl methyl sites for hydroxylation is 1. The molecule has 2 amide bonds. The zero-order valence-corrected chi connectivity index (χ0v) is 16.7. The molecular formula is C21H22N8O2. The standard InChI is InChI=1S/C21H22N8O2/c22-20-13-7-6-12(9-15(13)28-29-20)16-10-25-18(27-16)4-1-5-19(30)26-11-17-14(21(23)31)3-2-8-24-17/h2-3,6-10H,1,4-5,11H2,(H2,23,31)(H,25,27)(H,26,30)(H3,22,28,29). The Balaban J connectivity index is 1.29. The third-order valence-electron chi connectivity index (χ3n) is 4.96. The fourth-order valence-corrected chi connectivity index (χ4v) is 3.33. The summed E-state index contributed by atoms with van der Waals surface area (Å²) in [7, 11) is 0. The summed E-state index contributed by atoms with van der Waals surface area (Å²) in [5.41, 5.74) is 14.6. The summed E-state index contributed by atoms with van der Waals surface area (Å²) < 4.78 is 0. The Morgan fingerprint density at radius 1 is 1.16 bits per heavy atom. The van der Waals surface area contributed by atoms with E-state index in [9.17, 15) is 9.59 Å². The maximum absolute atomic E-state index is 12.1. The number of aromatic amines is 2. The number of pyridine rings is 1. The molecule has 4 aromatic rings. The van der Waals surface area contributed by atoms with Gasteiger partial charge in [-0.3, -0.25) is 19.7 Å². The number of fused-ring (bicyclic) bond motifs is 1. The smallest absolute Gasteiger partial charge is 0.250 e. The van der Waals surface area contributed by atoms with Gasteiger partial charge in [0.25, 0.3) is 5.91 Å². The first-order valence-electron chi connectivity index (χ1n) is 9.79. The van der Waals surface area contributed by atoms with Crippen LogP contribution in [0.15, 0.2) is 42.7 Å². The van der Waals surface area contributed by atoms with Crippen LogP contribution in [-0.4, -0.2) is 37.0 Å². The van der Waals surface area contributed by atoms with Crippen molar-refractivity contribution in [1.82, 2.24) is 30.5 Å². The van der Waals surface area contributed by atoms with Crippen LogP contribution >= 0.6 is 0 Å². The number of nitrogens with two attached hydrogens (primary N) is 2. The Bertz CT molecular complexity index is 1240. The van der Waals surface area contributed by atoms with Gasteiger partial charge in [-0.1, -0.05) is 6.07 Å². The number of amides is 2. The van der Waals surface area contributed by atoms with E-state index in [0.717, 1.165) is 28.0 Å². The number of hydrogen-bond acceptors (Lipinski definition) is 6. The molecule has 31 heavy (non-hydrogen) atoms. The van der Waals surface area contributed by atoms with Crippen molar-refractivity contribution in [2.24, 2.45) is 5.73 Å². The van der Waals surface area contributed by atoms with E-state index in [1.54, 1.807) is 24.5 Å². The van der Waals surface area contributed by atoms with Crippen molar-refractivity contribution in [2.75, 3.05) is 5.73 Å².